The van der Waals surface area contributed by atoms with Crippen LogP contribution in [0.5, 0.6) is 0 Å². The molecule has 0 unspecified atom stereocenters. The van der Waals surface area contributed by atoms with Crippen molar-refractivity contribution in [3.05, 3.63) is 89.0 Å². The number of carbonyl (C=O) groups excluding carboxylic acids is 1. The molecule has 0 bridgehead atoms. The van der Waals surface area contributed by atoms with Crippen molar-refractivity contribution in [2.24, 2.45) is 0 Å². The topological polar surface area (TPSA) is 100 Å². The molecule has 1 amide bonds. The summed E-state index contributed by atoms with van der Waals surface area (Å²) in [6.45, 7) is 4.30. The summed E-state index contributed by atoms with van der Waals surface area (Å²) in [5.41, 5.74) is 5.24. The first-order valence-electron chi connectivity index (χ1n) is 14.2. The van der Waals surface area contributed by atoms with Crippen LogP contribution in [0, 0.1) is 6.92 Å². The Morgan fingerprint density at radius 3 is 2.63 bits per heavy atom. The molecular formula is C30H35FN6O3S. The van der Waals surface area contributed by atoms with Gasteiger partial charge in [0.05, 0.1) is 16.6 Å². The van der Waals surface area contributed by atoms with E-state index in [4.69, 9.17) is 0 Å². The van der Waals surface area contributed by atoms with Crippen molar-refractivity contribution in [3.8, 4) is 0 Å². The monoisotopic (exact) mass is 578 g/mol. The van der Waals surface area contributed by atoms with E-state index in [0.717, 1.165) is 48.8 Å². The van der Waals surface area contributed by atoms with Crippen molar-refractivity contribution in [2.45, 2.75) is 75.1 Å². The van der Waals surface area contributed by atoms with Crippen LogP contribution < -0.4 is 5.32 Å². The SMILES string of the molecule is Cc1ccc(S(=O)(=O)N2C=CNC(=O)[C@H]2Cc2cn([C@H]3CCCc4cc(CN5CCC(F)CC5)ccc43)nn2)cc1. The second-order valence-electron chi connectivity index (χ2n) is 11.3. The van der Waals surface area contributed by atoms with Crippen molar-refractivity contribution in [1.82, 2.24) is 29.5 Å². The molecule has 3 aromatic rings. The smallest absolute Gasteiger partial charge is 0.264 e. The fourth-order valence-electron chi connectivity index (χ4n) is 6.06. The van der Waals surface area contributed by atoms with Crippen LogP contribution in [-0.4, -0.2) is 63.8 Å². The molecule has 2 aliphatic heterocycles. The van der Waals surface area contributed by atoms with Crippen LogP contribution in [0.1, 0.15) is 59.7 Å². The summed E-state index contributed by atoms with van der Waals surface area (Å²) in [6, 6.07) is 12.2. The predicted octanol–water partition coefficient (Wildman–Crippen LogP) is 3.65. The zero-order valence-electron chi connectivity index (χ0n) is 23.1. The molecule has 6 rings (SSSR count). The number of halogens is 1. The van der Waals surface area contributed by atoms with Gasteiger partial charge in [0.2, 0.25) is 5.91 Å². The minimum atomic E-state index is -3.94. The van der Waals surface area contributed by atoms with Gasteiger partial charge in [-0.15, -0.1) is 5.10 Å². The van der Waals surface area contributed by atoms with Crippen LogP contribution >= 0.6 is 0 Å². The first-order valence-corrected chi connectivity index (χ1v) is 15.7. The van der Waals surface area contributed by atoms with Gasteiger partial charge in [0.1, 0.15) is 12.2 Å². The zero-order valence-corrected chi connectivity index (χ0v) is 23.9. The van der Waals surface area contributed by atoms with Crippen molar-refractivity contribution in [2.75, 3.05) is 13.1 Å². The van der Waals surface area contributed by atoms with Gasteiger partial charge in [-0.1, -0.05) is 41.1 Å². The summed E-state index contributed by atoms with van der Waals surface area (Å²) >= 11 is 0. The third-order valence-electron chi connectivity index (χ3n) is 8.35. The van der Waals surface area contributed by atoms with E-state index in [0.29, 0.717) is 18.5 Å². The van der Waals surface area contributed by atoms with Gasteiger partial charge in [-0.2, -0.15) is 0 Å². The molecule has 2 atom stereocenters. The number of aryl methyl sites for hydroxylation is 2. The van der Waals surface area contributed by atoms with Crippen molar-refractivity contribution in [3.63, 3.8) is 0 Å². The lowest BCUT2D eigenvalue weighted by molar-refractivity contribution is -0.124. The van der Waals surface area contributed by atoms with E-state index in [-0.39, 0.29) is 17.4 Å². The third-order valence-corrected chi connectivity index (χ3v) is 10.1. The molecule has 1 aliphatic carbocycles. The molecule has 1 fully saturated rings. The lowest BCUT2D eigenvalue weighted by Gasteiger charge is -2.31. The molecule has 1 aromatic heterocycles. The second-order valence-corrected chi connectivity index (χ2v) is 13.1. The summed E-state index contributed by atoms with van der Waals surface area (Å²) in [6.07, 6.45) is 8.12. The molecule has 9 nitrogen and oxygen atoms in total. The number of carbonyl (C=O) groups is 1. The number of rotatable bonds is 7. The summed E-state index contributed by atoms with van der Waals surface area (Å²) in [7, 11) is -3.94. The Hall–Kier alpha value is -3.57. The first-order chi connectivity index (χ1) is 19.8. The summed E-state index contributed by atoms with van der Waals surface area (Å²) in [4.78, 5) is 15.3. The highest BCUT2D eigenvalue weighted by atomic mass is 32.2. The number of aromatic nitrogens is 3. The number of nitrogens with one attached hydrogen (secondary N) is 1. The number of nitrogens with zero attached hydrogens (tertiary/aromatic N) is 5. The summed E-state index contributed by atoms with van der Waals surface area (Å²) in [5.74, 6) is -0.413. The van der Waals surface area contributed by atoms with Crippen LogP contribution in [0.2, 0.25) is 0 Å². The van der Waals surface area contributed by atoms with Gasteiger partial charge in [-0.25, -0.2) is 17.5 Å². The van der Waals surface area contributed by atoms with E-state index in [1.807, 2.05) is 17.8 Å². The van der Waals surface area contributed by atoms with E-state index in [2.05, 4.69) is 38.7 Å². The predicted molar refractivity (Wildman–Crippen MR) is 152 cm³/mol. The zero-order chi connectivity index (χ0) is 28.6. The highest BCUT2D eigenvalue weighted by Gasteiger charge is 2.36. The largest absolute Gasteiger partial charge is 0.329 e. The maximum Gasteiger partial charge on any atom is 0.264 e. The van der Waals surface area contributed by atoms with Crippen LogP contribution in [0.25, 0.3) is 0 Å². The minimum absolute atomic E-state index is 0.0174. The third kappa shape index (κ3) is 5.78. The molecule has 3 aliphatic rings. The molecule has 11 heteroatoms. The molecule has 41 heavy (non-hydrogen) atoms. The fourth-order valence-corrected chi connectivity index (χ4v) is 7.51. The van der Waals surface area contributed by atoms with E-state index >= 15 is 0 Å². The number of alkyl halides is 1. The summed E-state index contributed by atoms with van der Waals surface area (Å²) in [5, 5.41) is 11.4. The Labute approximate surface area is 240 Å². The molecule has 2 aromatic carbocycles. The number of fused-ring (bicyclic) bond motifs is 1. The average molecular weight is 579 g/mol. The first kappa shape index (κ1) is 27.6. The number of benzene rings is 2. The maximum absolute atomic E-state index is 13.5. The summed E-state index contributed by atoms with van der Waals surface area (Å²) < 4.78 is 43.4. The number of piperidine rings is 1. The lowest BCUT2D eigenvalue weighted by atomic mass is 9.86. The Bertz CT molecular complexity index is 1550. The molecule has 1 N–H and O–H groups in total. The molecule has 0 spiro atoms. The van der Waals surface area contributed by atoms with Crippen LogP contribution in [0.4, 0.5) is 4.39 Å². The highest BCUT2D eigenvalue weighted by Crippen LogP contribution is 2.34. The molecule has 216 valence electrons. The van der Waals surface area contributed by atoms with Gasteiger partial charge in [-0.3, -0.25) is 14.0 Å². The van der Waals surface area contributed by atoms with Gasteiger partial charge in [0.15, 0.2) is 0 Å². The van der Waals surface area contributed by atoms with Crippen LogP contribution in [0.15, 0.2) is 66.0 Å². The standard InChI is InChI=1S/C30H35FN6O3S/c1-21-5-8-26(9-6-21)41(39,40)37-16-13-32-30(38)29(37)18-25-20-36(34-33-25)28-4-2-3-23-17-22(7-10-27(23)28)19-35-14-11-24(31)12-15-35/h5-10,13,16-17,20,24,28-29H,2-4,11-12,14-15,18-19H2,1H3,(H,32,38)/t28-,29+/m0/s1. The number of amides is 1. The minimum Gasteiger partial charge on any atom is -0.329 e. The Balaban J connectivity index is 1.19. The van der Waals surface area contributed by atoms with Gasteiger partial charge in [0, 0.05) is 44.7 Å². The number of hydrogen-bond acceptors (Lipinski definition) is 6. The van der Waals surface area contributed by atoms with Crippen molar-refractivity contribution < 1.29 is 17.6 Å². The van der Waals surface area contributed by atoms with E-state index in [9.17, 15) is 17.6 Å². The van der Waals surface area contributed by atoms with Crippen molar-refractivity contribution >= 4 is 15.9 Å². The number of hydrogen-bond donors (Lipinski definition) is 1. The van der Waals surface area contributed by atoms with Gasteiger partial charge in [-0.05, 0) is 67.9 Å². The van der Waals surface area contributed by atoms with Crippen LogP contribution in [-0.2, 0) is 34.2 Å². The van der Waals surface area contributed by atoms with Gasteiger partial charge < -0.3 is 5.32 Å². The molecule has 0 radical (unpaired) electrons. The van der Waals surface area contributed by atoms with E-state index in [1.54, 1.807) is 24.3 Å². The normalized spacial score (nSPS) is 22.0. The average Bonchev–Trinajstić information content (AvgIpc) is 3.43. The maximum atomic E-state index is 13.5. The van der Waals surface area contributed by atoms with E-state index < -0.39 is 28.1 Å². The Kier molecular flexibility index (Phi) is 7.65. The van der Waals surface area contributed by atoms with Crippen molar-refractivity contribution in [1.29, 1.82) is 0 Å². The quantitative estimate of drug-likeness (QED) is 0.460. The van der Waals surface area contributed by atoms with Gasteiger partial charge >= 0.3 is 0 Å². The van der Waals surface area contributed by atoms with Gasteiger partial charge in [0.25, 0.3) is 10.0 Å². The second kappa shape index (κ2) is 11.4. The number of likely N-dealkylation sites (tertiary alicyclic amines) is 1. The lowest BCUT2D eigenvalue weighted by Crippen LogP contribution is -2.50. The number of sulfonamides is 1. The molecule has 1 saturated heterocycles. The molecule has 0 saturated carbocycles. The highest BCUT2D eigenvalue weighted by molar-refractivity contribution is 7.89. The fraction of sp³-hybridized carbons (Fsp3) is 0.433. The Morgan fingerprint density at radius 2 is 1.85 bits per heavy atom. The Morgan fingerprint density at radius 1 is 1.07 bits per heavy atom. The van der Waals surface area contributed by atoms with E-state index in [1.165, 1.54) is 29.1 Å². The molecule has 3 heterocycles. The molecular weight excluding hydrogens is 543 g/mol. The van der Waals surface area contributed by atoms with Crippen LogP contribution in [0.3, 0.4) is 0 Å².